The molecule has 5 heteroatoms. The Labute approximate surface area is 106 Å². The van der Waals surface area contributed by atoms with E-state index < -0.39 is 5.92 Å². The molecule has 1 N–H and O–H groups in total. The quantitative estimate of drug-likeness (QED) is 0.834. The van der Waals surface area contributed by atoms with Crippen LogP contribution in [0.1, 0.15) is 13.8 Å². The summed E-state index contributed by atoms with van der Waals surface area (Å²) in [5, 5.41) is 12.3. The molecule has 3 nitrogen and oxygen atoms in total. The standard InChI is InChI=1S/C11H18N2OS2/c1-8(2)10(5-12)11(14)13-6-9-7-15-3-4-16-9/h8-10H,3-4,6-7H2,1-2H3,(H,13,14). The molecule has 0 aromatic heterocycles. The SMILES string of the molecule is CC(C)C(C#N)C(=O)NCC1CSCCS1. The van der Waals surface area contributed by atoms with Gasteiger partial charge in [-0.15, -0.1) is 0 Å². The van der Waals surface area contributed by atoms with Gasteiger partial charge in [0.1, 0.15) is 5.92 Å². The predicted octanol–water partition coefficient (Wildman–Crippen LogP) is 1.75. The zero-order valence-electron chi connectivity index (χ0n) is 9.73. The van der Waals surface area contributed by atoms with Crippen molar-refractivity contribution in [2.45, 2.75) is 19.1 Å². The molecule has 1 amide bonds. The fourth-order valence-electron chi connectivity index (χ4n) is 1.49. The summed E-state index contributed by atoms with van der Waals surface area (Å²) in [7, 11) is 0. The minimum absolute atomic E-state index is 0.0818. The molecule has 2 atom stereocenters. The van der Waals surface area contributed by atoms with E-state index in [0.29, 0.717) is 11.8 Å². The number of hydrogen-bond acceptors (Lipinski definition) is 4. The molecule has 2 unspecified atom stereocenters. The average Bonchev–Trinajstić information content (AvgIpc) is 2.28. The molecule has 1 saturated heterocycles. The second kappa shape index (κ2) is 7.08. The van der Waals surface area contributed by atoms with Gasteiger partial charge in [0.05, 0.1) is 6.07 Å². The minimum Gasteiger partial charge on any atom is -0.354 e. The number of rotatable bonds is 4. The summed E-state index contributed by atoms with van der Waals surface area (Å²) in [6.45, 7) is 4.50. The van der Waals surface area contributed by atoms with Gasteiger partial charge in [-0.3, -0.25) is 4.79 Å². The summed E-state index contributed by atoms with van der Waals surface area (Å²) < 4.78 is 0. The van der Waals surface area contributed by atoms with Crippen molar-refractivity contribution in [1.29, 1.82) is 5.26 Å². The molecule has 0 aromatic rings. The Hall–Kier alpha value is -0.340. The van der Waals surface area contributed by atoms with Crippen LogP contribution < -0.4 is 5.32 Å². The van der Waals surface area contributed by atoms with Gasteiger partial charge in [-0.1, -0.05) is 13.8 Å². The number of nitrogens with one attached hydrogen (secondary N) is 1. The number of nitrogens with zero attached hydrogens (tertiary/aromatic N) is 1. The number of hydrogen-bond donors (Lipinski definition) is 1. The second-order valence-corrected chi connectivity index (χ2v) is 6.72. The van der Waals surface area contributed by atoms with Crippen LogP contribution >= 0.6 is 23.5 Å². The van der Waals surface area contributed by atoms with Gasteiger partial charge < -0.3 is 5.32 Å². The Morgan fingerprint density at radius 1 is 1.56 bits per heavy atom. The summed E-state index contributed by atoms with van der Waals surface area (Å²) in [5.74, 6) is 2.93. The maximum Gasteiger partial charge on any atom is 0.237 e. The van der Waals surface area contributed by atoms with E-state index in [-0.39, 0.29) is 11.8 Å². The molecule has 0 aliphatic carbocycles. The van der Waals surface area contributed by atoms with Gasteiger partial charge in [0, 0.05) is 29.1 Å². The minimum atomic E-state index is -0.513. The summed E-state index contributed by atoms with van der Waals surface area (Å²) in [6, 6.07) is 2.06. The van der Waals surface area contributed by atoms with Crippen molar-refractivity contribution >= 4 is 29.4 Å². The first-order valence-corrected chi connectivity index (χ1v) is 7.72. The van der Waals surface area contributed by atoms with Crippen LogP contribution in [-0.4, -0.2) is 35.0 Å². The fourth-order valence-corrected chi connectivity index (χ4v) is 4.10. The van der Waals surface area contributed by atoms with Crippen LogP contribution in [0.15, 0.2) is 0 Å². The Kier molecular flexibility index (Phi) is 6.07. The number of nitriles is 1. The van der Waals surface area contributed by atoms with Gasteiger partial charge in [-0.05, 0) is 5.92 Å². The van der Waals surface area contributed by atoms with E-state index in [1.807, 2.05) is 37.4 Å². The molecular formula is C11H18N2OS2. The molecule has 90 valence electrons. The van der Waals surface area contributed by atoms with Gasteiger partial charge in [0.25, 0.3) is 0 Å². The molecule has 0 aromatic carbocycles. The molecular weight excluding hydrogens is 240 g/mol. The van der Waals surface area contributed by atoms with E-state index in [4.69, 9.17) is 5.26 Å². The third-order valence-electron chi connectivity index (χ3n) is 2.48. The highest BCUT2D eigenvalue weighted by Gasteiger charge is 2.23. The van der Waals surface area contributed by atoms with E-state index in [1.54, 1.807) is 0 Å². The molecule has 1 fully saturated rings. The number of amides is 1. The first kappa shape index (κ1) is 13.7. The first-order chi connectivity index (χ1) is 7.65. The van der Waals surface area contributed by atoms with Crippen LogP contribution in [-0.2, 0) is 4.79 Å². The van der Waals surface area contributed by atoms with Crippen LogP contribution in [0.2, 0.25) is 0 Å². The predicted molar refractivity (Wildman–Crippen MR) is 70.5 cm³/mol. The molecule has 16 heavy (non-hydrogen) atoms. The third kappa shape index (κ3) is 4.26. The van der Waals surface area contributed by atoms with Gasteiger partial charge in [-0.2, -0.15) is 28.8 Å². The number of carbonyl (C=O) groups excluding carboxylic acids is 1. The molecule has 1 heterocycles. The maximum atomic E-state index is 11.7. The molecule has 1 rings (SSSR count). The summed E-state index contributed by atoms with van der Waals surface area (Å²) >= 11 is 3.85. The molecule has 1 aliphatic heterocycles. The van der Waals surface area contributed by atoms with Crippen LogP contribution in [0.4, 0.5) is 0 Å². The van der Waals surface area contributed by atoms with Crippen LogP contribution in [0.3, 0.4) is 0 Å². The monoisotopic (exact) mass is 258 g/mol. The Morgan fingerprint density at radius 2 is 2.31 bits per heavy atom. The highest BCUT2D eigenvalue weighted by molar-refractivity contribution is 8.06. The van der Waals surface area contributed by atoms with E-state index >= 15 is 0 Å². The highest BCUT2D eigenvalue weighted by Crippen LogP contribution is 2.23. The van der Waals surface area contributed by atoms with Crippen molar-refractivity contribution in [3.63, 3.8) is 0 Å². The van der Waals surface area contributed by atoms with Crippen molar-refractivity contribution in [2.24, 2.45) is 11.8 Å². The maximum absolute atomic E-state index is 11.7. The second-order valence-electron chi connectivity index (χ2n) is 4.16. The largest absolute Gasteiger partial charge is 0.354 e. The lowest BCUT2D eigenvalue weighted by Gasteiger charge is -2.22. The molecule has 0 saturated carbocycles. The topological polar surface area (TPSA) is 52.9 Å². The molecule has 0 spiro atoms. The van der Waals surface area contributed by atoms with E-state index in [0.717, 1.165) is 11.5 Å². The Balaban J connectivity index is 2.31. The summed E-state index contributed by atoms with van der Waals surface area (Å²) in [5.41, 5.74) is 0. The number of thioether (sulfide) groups is 2. The smallest absolute Gasteiger partial charge is 0.237 e. The summed E-state index contributed by atoms with van der Waals surface area (Å²) in [6.07, 6.45) is 0. The van der Waals surface area contributed by atoms with E-state index in [1.165, 1.54) is 5.75 Å². The third-order valence-corrected chi connectivity index (χ3v) is 5.32. The zero-order chi connectivity index (χ0) is 12.0. The molecule has 1 aliphatic rings. The van der Waals surface area contributed by atoms with Crippen molar-refractivity contribution in [3.8, 4) is 6.07 Å². The van der Waals surface area contributed by atoms with E-state index in [9.17, 15) is 4.79 Å². The number of carbonyl (C=O) groups is 1. The van der Waals surface area contributed by atoms with E-state index in [2.05, 4.69) is 11.4 Å². The lowest BCUT2D eigenvalue weighted by atomic mass is 9.97. The van der Waals surface area contributed by atoms with Crippen LogP contribution in [0.25, 0.3) is 0 Å². The molecule has 0 bridgehead atoms. The summed E-state index contributed by atoms with van der Waals surface area (Å²) in [4.78, 5) is 11.7. The highest BCUT2D eigenvalue weighted by atomic mass is 32.2. The van der Waals surface area contributed by atoms with Crippen molar-refractivity contribution in [3.05, 3.63) is 0 Å². The van der Waals surface area contributed by atoms with Gasteiger partial charge in [0.2, 0.25) is 5.91 Å². The Morgan fingerprint density at radius 3 is 2.81 bits per heavy atom. The van der Waals surface area contributed by atoms with Gasteiger partial charge >= 0.3 is 0 Å². The van der Waals surface area contributed by atoms with Crippen molar-refractivity contribution in [2.75, 3.05) is 23.8 Å². The molecule has 0 radical (unpaired) electrons. The normalized spacial score (nSPS) is 22.5. The average molecular weight is 258 g/mol. The first-order valence-electron chi connectivity index (χ1n) is 5.51. The van der Waals surface area contributed by atoms with Crippen molar-refractivity contribution < 1.29 is 4.79 Å². The lowest BCUT2D eigenvalue weighted by Crippen LogP contribution is -2.38. The van der Waals surface area contributed by atoms with Gasteiger partial charge in [-0.25, -0.2) is 0 Å². The van der Waals surface area contributed by atoms with Crippen LogP contribution in [0.5, 0.6) is 0 Å². The lowest BCUT2D eigenvalue weighted by molar-refractivity contribution is -0.124. The Bertz CT molecular complexity index is 270. The zero-order valence-corrected chi connectivity index (χ0v) is 11.4. The van der Waals surface area contributed by atoms with Crippen LogP contribution in [0, 0.1) is 23.2 Å². The van der Waals surface area contributed by atoms with Gasteiger partial charge in [0.15, 0.2) is 0 Å². The van der Waals surface area contributed by atoms with Crippen molar-refractivity contribution in [1.82, 2.24) is 5.32 Å². The fraction of sp³-hybridized carbons (Fsp3) is 0.818.